The van der Waals surface area contributed by atoms with Crippen LogP contribution in [0, 0.1) is 0 Å². The molecule has 2 atom stereocenters. The Balaban J connectivity index is 2.58. The van der Waals surface area contributed by atoms with E-state index in [9.17, 15) is 9.59 Å². The van der Waals surface area contributed by atoms with Gasteiger partial charge in [-0.25, -0.2) is 0 Å². The summed E-state index contributed by atoms with van der Waals surface area (Å²) in [5.74, 6) is -0.617. The lowest BCUT2D eigenvalue weighted by Gasteiger charge is -2.37. The Labute approximate surface area is 107 Å². The standard InChI is InChI=1S/C12H21NO3S/c1-9(17-2)12(16)13-8-4-3-5-10(13)6-7-11(14)15/h9-10H,3-8H2,1-2H3,(H,14,15)/t9-,10-/m0/s1. The summed E-state index contributed by atoms with van der Waals surface area (Å²) in [5.41, 5.74) is 0. The Morgan fingerprint density at radius 2 is 2.18 bits per heavy atom. The lowest BCUT2D eigenvalue weighted by Crippen LogP contribution is -2.47. The third-order valence-corrected chi connectivity index (χ3v) is 4.21. The van der Waals surface area contributed by atoms with Crippen LogP contribution in [0.1, 0.15) is 39.0 Å². The molecule has 1 saturated heterocycles. The zero-order valence-corrected chi connectivity index (χ0v) is 11.3. The van der Waals surface area contributed by atoms with Gasteiger partial charge in [-0.1, -0.05) is 0 Å². The van der Waals surface area contributed by atoms with Gasteiger partial charge in [-0.2, -0.15) is 11.8 Å². The van der Waals surface area contributed by atoms with Crippen molar-refractivity contribution in [2.24, 2.45) is 0 Å². The van der Waals surface area contributed by atoms with Crippen molar-refractivity contribution >= 4 is 23.6 Å². The van der Waals surface area contributed by atoms with Crippen molar-refractivity contribution in [3.8, 4) is 0 Å². The average molecular weight is 259 g/mol. The fourth-order valence-electron chi connectivity index (χ4n) is 2.22. The first-order valence-electron chi connectivity index (χ1n) is 6.11. The number of carboxylic acids is 1. The van der Waals surface area contributed by atoms with Crippen LogP contribution in [0.25, 0.3) is 0 Å². The molecule has 0 spiro atoms. The molecule has 1 aliphatic rings. The Kier molecular flexibility index (Phi) is 5.82. The zero-order valence-electron chi connectivity index (χ0n) is 10.5. The Bertz CT molecular complexity index is 283. The first-order chi connectivity index (χ1) is 8.06. The van der Waals surface area contributed by atoms with E-state index in [4.69, 9.17) is 5.11 Å². The second-order valence-electron chi connectivity index (χ2n) is 4.49. The summed E-state index contributed by atoms with van der Waals surface area (Å²) in [5, 5.41) is 8.69. The van der Waals surface area contributed by atoms with E-state index >= 15 is 0 Å². The van der Waals surface area contributed by atoms with E-state index in [1.165, 1.54) is 0 Å². The minimum atomic E-state index is -0.777. The number of amides is 1. The van der Waals surface area contributed by atoms with E-state index in [1.807, 2.05) is 18.1 Å². The summed E-state index contributed by atoms with van der Waals surface area (Å²) < 4.78 is 0. The summed E-state index contributed by atoms with van der Waals surface area (Å²) in [6, 6.07) is 0.127. The van der Waals surface area contributed by atoms with Crippen LogP contribution < -0.4 is 0 Å². The maximum absolute atomic E-state index is 12.1. The lowest BCUT2D eigenvalue weighted by molar-refractivity contribution is -0.139. The number of aliphatic carboxylic acids is 1. The number of thioether (sulfide) groups is 1. The molecule has 1 aliphatic heterocycles. The lowest BCUT2D eigenvalue weighted by atomic mass is 9.97. The molecule has 1 N–H and O–H groups in total. The summed E-state index contributed by atoms with van der Waals surface area (Å²) in [6.07, 6.45) is 5.75. The van der Waals surface area contributed by atoms with Crippen molar-refractivity contribution in [1.82, 2.24) is 4.90 Å². The Morgan fingerprint density at radius 1 is 1.47 bits per heavy atom. The van der Waals surface area contributed by atoms with Gasteiger partial charge in [0.2, 0.25) is 5.91 Å². The molecule has 0 aliphatic carbocycles. The van der Waals surface area contributed by atoms with Crippen LogP contribution in [0.4, 0.5) is 0 Å². The van der Waals surface area contributed by atoms with Crippen molar-refractivity contribution in [2.75, 3.05) is 12.8 Å². The van der Waals surface area contributed by atoms with Crippen molar-refractivity contribution in [2.45, 2.75) is 50.3 Å². The van der Waals surface area contributed by atoms with Gasteiger partial charge in [-0.3, -0.25) is 9.59 Å². The molecule has 1 heterocycles. The van der Waals surface area contributed by atoms with Gasteiger partial charge in [0.15, 0.2) is 0 Å². The van der Waals surface area contributed by atoms with Crippen molar-refractivity contribution in [3.05, 3.63) is 0 Å². The van der Waals surface area contributed by atoms with Crippen LogP contribution in [-0.2, 0) is 9.59 Å². The topological polar surface area (TPSA) is 57.6 Å². The fourth-order valence-corrected chi connectivity index (χ4v) is 2.55. The number of piperidine rings is 1. The fraction of sp³-hybridized carbons (Fsp3) is 0.833. The third-order valence-electron chi connectivity index (χ3n) is 3.30. The zero-order chi connectivity index (χ0) is 12.8. The quantitative estimate of drug-likeness (QED) is 0.820. The molecule has 0 radical (unpaired) electrons. The Hall–Kier alpha value is -0.710. The second kappa shape index (κ2) is 6.89. The summed E-state index contributed by atoms with van der Waals surface area (Å²) in [7, 11) is 0. The average Bonchev–Trinajstić information content (AvgIpc) is 2.34. The van der Waals surface area contributed by atoms with E-state index in [0.29, 0.717) is 6.42 Å². The van der Waals surface area contributed by atoms with Gasteiger partial charge in [0, 0.05) is 19.0 Å². The van der Waals surface area contributed by atoms with Crippen LogP contribution in [0.15, 0.2) is 0 Å². The molecule has 0 aromatic heterocycles. The van der Waals surface area contributed by atoms with Crippen LogP contribution in [-0.4, -0.2) is 46.0 Å². The molecule has 0 bridgehead atoms. The van der Waals surface area contributed by atoms with Gasteiger partial charge in [0.25, 0.3) is 0 Å². The normalized spacial score (nSPS) is 22.2. The number of likely N-dealkylation sites (tertiary alicyclic amines) is 1. The number of nitrogens with zero attached hydrogens (tertiary/aromatic N) is 1. The van der Waals surface area contributed by atoms with E-state index in [1.54, 1.807) is 11.8 Å². The summed E-state index contributed by atoms with van der Waals surface area (Å²) in [4.78, 5) is 24.6. The van der Waals surface area contributed by atoms with Gasteiger partial charge < -0.3 is 10.0 Å². The van der Waals surface area contributed by atoms with E-state index < -0.39 is 5.97 Å². The van der Waals surface area contributed by atoms with Gasteiger partial charge in [-0.15, -0.1) is 0 Å². The molecule has 0 aromatic carbocycles. The second-order valence-corrected chi connectivity index (χ2v) is 5.67. The molecule has 17 heavy (non-hydrogen) atoms. The minimum absolute atomic E-state index is 0.0274. The monoisotopic (exact) mass is 259 g/mol. The highest BCUT2D eigenvalue weighted by molar-refractivity contribution is 7.99. The van der Waals surface area contributed by atoms with Crippen molar-refractivity contribution < 1.29 is 14.7 Å². The molecule has 5 heteroatoms. The van der Waals surface area contributed by atoms with E-state index in [-0.39, 0.29) is 23.6 Å². The van der Waals surface area contributed by atoms with Crippen LogP contribution in [0.2, 0.25) is 0 Å². The predicted molar refractivity (Wildman–Crippen MR) is 69.2 cm³/mol. The third kappa shape index (κ3) is 4.22. The molecule has 1 rings (SSSR count). The van der Waals surface area contributed by atoms with Gasteiger partial charge >= 0.3 is 5.97 Å². The number of carbonyl (C=O) groups is 2. The minimum Gasteiger partial charge on any atom is -0.481 e. The van der Waals surface area contributed by atoms with Gasteiger partial charge in [0.05, 0.1) is 5.25 Å². The highest BCUT2D eigenvalue weighted by Gasteiger charge is 2.29. The highest BCUT2D eigenvalue weighted by Crippen LogP contribution is 2.23. The first kappa shape index (κ1) is 14.4. The maximum atomic E-state index is 12.1. The van der Waals surface area contributed by atoms with Crippen LogP contribution in [0.5, 0.6) is 0 Å². The molecular weight excluding hydrogens is 238 g/mol. The number of carbonyl (C=O) groups excluding carboxylic acids is 1. The smallest absolute Gasteiger partial charge is 0.303 e. The van der Waals surface area contributed by atoms with Crippen molar-refractivity contribution in [3.63, 3.8) is 0 Å². The predicted octanol–water partition coefficient (Wildman–Crippen LogP) is 1.98. The van der Waals surface area contributed by atoms with Crippen LogP contribution >= 0.6 is 11.8 Å². The molecule has 98 valence electrons. The van der Waals surface area contributed by atoms with E-state index in [2.05, 4.69) is 0 Å². The molecular formula is C12H21NO3S. The molecule has 4 nitrogen and oxygen atoms in total. The number of rotatable bonds is 5. The molecule has 1 amide bonds. The summed E-state index contributed by atoms with van der Waals surface area (Å²) >= 11 is 1.55. The van der Waals surface area contributed by atoms with Gasteiger partial charge in [-0.05, 0) is 38.9 Å². The molecule has 0 unspecified atom stereocenters. The molecule has 0 saturated carbocycles. The largest absolute Gasteiger partial charge is 0.481 e. The molecule has 0 aromatic rings. The SMILES string of the molecule is CS[C@@H](C)C(=O)N1CCCC[C@H]1CCC(=O)O. The molecule has 1 fully saturated rings. The first-order valence-corrected chi connectivity index (χ1v) is 7.40. The number of carboxylic acid groups (broad SMARTS) is 1. The highest BCUT2D eigenvalue weighted by atomic mass is 32.2. The number of hydrogen-bond acceptors (Lipinski definition) is 3. The Morgan fingerprint density at radius 3 is 2.76 bits per heavy atom. The van der Waals surface area contributed by atoms with Gasteiger partial charge in [0.1, 0.15) is 0 Å². The van der Waals surface area contributed by atoms with Crippen molar-refractivity contribution in [1.29, 1.82) is 0 Å². The van der Waals surface area contributed by atoms with Crippen LogP contribution in [0.3, 0.4) is 0 Å². The summed E-state index contributed by atoms with van der Waals surface area (Å²) in [6.45, 7) is 2.70. The number of hydrogen-bond donors (Lipinski definition) is 1. The maximum Gasteiger partial charge on any atom is 0.303 e. The van der Waals surface area contributed by atoms with E-state index in [0.717, 1.165) is 25.8 Å².